The molecular formula is C10H21F. The lowest BCUT2D eigenvalue weighted by Crippen LogP contribution is -2.08. The highest BCUT2D eigenvalue weighted by atomic mass is 19.1. The van der Waals surface area contributed by atoms with Crippen LogP contribution in [0.2, 0.25) is 0 Å². The van der Waals surface area contributed by atoms with Gasteiger partial charge in [0.05, 0.1) is 6.67 Å². The highest BCUT2D eigenvalue weighted by Crippen LogP contribution is 2.26. The molecule has 0 nitrogen and oxygen atoms in total. The molecule has 0 saturated carbocycles. The molecule has 0 aromatic rings. The minimum Gasteiger partial charge on any atom is -0.251 e. The summed E-state index contributed by atoms with van der Waals surface area (Å²) in [7, 11) is 0. The summed E-state index contributed by atoms with van der Waals surface area (Å²) >= 11 is 0. The average Bonchev–Trinajstić information content (AvgIpc) is 1.99. The molecule has 0 N–H and O–H groups in total. The van der Waals surface area contributed by atoms with Crippen LogP contribution in [0.15, 0.2) is 0 Å². The summed E-state index contributed by atoms with van der Waals surface area (Å²) in [6.07, 6.45) is 5.45. The Kier molecular flexibility index (Phi) is 5.53. The van der Waals surface area contributed by atoms with Crippen LogP contribution in [-0.2, 0) is 0 Å². The quantitative estimate of drug-likeness (QED) is 0.516. The van der Waals surface area contributed by atoms with Crippen molar-refractivity contribution in [3.8, 4) is 0 Å². The predicted octanol–water partition coefficient (Wildman–Crippen LogP) is 3.95. The van der Waals surface area contributed by atoms with Crippen molar-refractivity contribution in [1.29, 1.82) is 0 Å². The van der Waals surface area contributed by atoms with Crippen molar-refractivity contribution in [3.63, 3.8) is 0 Å². The van der Waals surface area contributed by atoms with E-state index in [-0.39, 0.29) is 6.67 Å². The van der Waals surface area contributed by atoms with E-state index in [0.29, 0.717) is 5.41 Å². The van der Waals surface area contributed by atoms with Crippen LogP contribution < -0.4 is 0 Å². The molecule has 0 saturated heterocycles. The third-order valence-electron chi connectivity index (χ3n) is 2.44. The summed E-state index contributed by atoms with van der Waals surface area (Å²) in [5, 5.41) is 0. The first-order chi connectivity index (χ1) is 5.12. The van der Waals surface area contributed by atoms with Crippen molar-refractivity contribution >= 4 is 0 Å². The van der Waals surface area contributed by atoms with Gasteiger partial charge in [0, 0.05) is 0 Å². The molecule has 0 aromatic carbocycles. The van der Waals surface area contributed by atoms with Gasteiger partial charge in [0.25, 0.3) is 0 Å². The first kappa shape index (κ1) is 10.9. The van der Waals surface area contributed by atoms with Crippen LogP contribution in [-0.4, -0.2) is 6.67 Å². The predicted molar refractivity (Wildman–Crippen MR) is 48.5 cm³/mol. The van der Waals surface area contributed by atoms with Gasteiger partial charge >= 0.3 is 0 Å². The number of halogens is 1. The molecular weight excluding hydrogens is 139 g/mol. The summed E-state index contributed by atoms with van der Waals surface area (Å²) in [4.78, 5) is 0. The van der Waals surface area contributed by atoms with Gasteiger partial charge in [-0.1, -0.05) is 40.0 Å². The van der Waals surface area contributed by atoms with Crippen molar-refractivity contribution in [2.45, 2.75) is 52.9 Å². The van der Waals surface area contributed by atoms with Gasteiger partial charge in [-0.3, -0.25) is 4.39 Å². The van der Waals surface area contributed by atoms with Crippen LogP contribution >= 0.6 is 0 Å². The fourth-order valence-electron chi connectivity index (χ4n) is 1.05. The second-order valence-electron chi connectivity index (χ2n) is 4.02. The summed E-state index contributed by atoms with van der Waals surface area (Å²) in [6.45, 7) is 6.63. The SMILES string of the molecule is CCC(C)(C)CCCCCF. The van der Waals surface area contributed by atoms with Gasteiger partial charge in [-0.15, -0.1) is 0 Å². The Labute approximate surface area is 70.2 Å². The minimum absolute atomic E-state index is 0.146. The molecule has 0 aliphatic heterocycles. The molecule has 0 aliphatic carbocycles. The van der Waals surface area contributed by atoms with E-state index in [9.17, 15) is 4.39 Å². The molecule has 11 heavy (non-hydrogen) atoms. The Bertz CT molecular complexity index is 86.9. The summed E-state index contributed by atoms with van der Waals surface area (Å²) in [6, 6.07) is 0. The van der Waals surface area contributed by atoms with Crippen LogP contribution in [0, 0.1) is 5.41 Å². The first-order valence-corrected chi connectivity index (χ1v) is 4.68. The number of alkyl halides is 1. The van der Waals surface area contributed by atoms with Crippen LogP contribution in [0.5, 0.6) is 0 Å². The molecule has 0 spiro atoms. The van der Waals surface area contributed by atoms with Crippen molar-refractivity contribution in [2.24, 2.45) is 5.41 Å². The lowest BCUT2D eigenvalue weighted by Gasteiger charge is -2.21. The summed E-state index contributed by atoms with van der Waals surface area (Å²) in [5.74, 6) is 0. The second-order valence-corrected chi connectivity index (χ2v) is 4.02. The van der Waals surface area contributed by atoms with Gasteiger partial charge in [0.2, 0.25) is 0 Å². The average molecular weight is 160 g/mol. The maximum atomic E-state index is 11.7. The van der Waals surface area contributed by atoms with Crippen LogP contribution in [0.3, 0.4) is 0 Å². The Morgan fingerprint density at radius 3 is 2.18 bits per heavy atom. The number of rotatable bonds is 6. The van der Waals surface area contributed by atoms with E-state index in [2.05, 4.69) is 20.8 Å². The minimum atomic E-state index is -0.146. The van der Waals surface area contributed by atoms with Crippen molar-refractivity contribution in [3.05, 3.63) is 0 Å². The largest absolute Gasteiger partial charge is 0.251 e. The highest BCUT2D eigenvalue weighted by Gasteiger charge is 2.13. The Morgan fingerprint density at radius 2 is 1.73 bits per heavy atom. The molecule has 0 bridgehead atoms. The van der Waals surface area contributed by atoms with E-state index in [1.807, 2.05) is 0 Å². The number of hydrogen-bond donors (Lipinski definition) is 0. The normalized spacial score (nSPS) is 12.0. The standard InChI is InChI=1S/C10H21F/c1-4-10(2,3)8-6-5-7-9-11/h4-9H2,1-3H3. The zero-order valence-corrected chi connectivity index (χ0v) is 8.12. The number of hydrogen-bond acceptors (Lipinski definition) is 0. The van der Waals surface area contributed by atoms with Crippen molar-refractivity contribution in [1.82, 2.24) is 0 Å². The van der Waals surface area contributed by atoms with E-state index in [4.69, 9.17) is 0 Å². The van der Waals surface area contributed by atoms with Crippen molar-refractivity contribution in [2.75, 3.05) is 6.67 Å². The summed E-state index contributed by atoms with van der Waals surface area (Å²) < 4.78 is 11.7. The zero-order chi connectivity index (χ0) is 8.74. The van der Waals surface area contributed by atoms with Gasteiger partial charge in [-0.2, -0.15) is 0 Å². The van der Waals surface area contributed by atoms with Crippen LogP contribution in [0.4, 0.5) is 4.39 Å². The molecule has 0 unspecified atom stereocenters. The Hall–Kier alpha value is -0.0700. The fourth-order valence-corrected chi connectivity index (χ4v) is 1.05. The molecule has 0 aromatic heterocycles. The van der Waals surface area contributed by atoms with E-state index in [1.54, 1.807) is 0 Å². The Morgan fingerprint density at radius 1 is 1.09 bits per heavy atom. The molecule has 0 fully saturated rings. The lowest BCUT2D eigenvalue weighted by atomic mass is 9.84. The maximum absolute atomic E-state index is 11.7. The number of unbranched alkanes of at least 4 members (excludes halogenated alkanes) is 2. The topological polar surface area (TPSA) is 0 Å². The molecule has 0 radical (unpaired) electrons. The van der Waals surface area contributed by atoms with Gasteiger partial charge in [0.1, 0.15) is 0 Å². The molecule has 1 heteroatoms. The zero-order valence-electron chi connectivity index (χ0n) is 8.12. The van der Waals surface area contributed by atoms with Crippen molar-refractivity contribution < 1.29 is 4.39 Å². The highest BCUT2D eigenvalue weighted by molar-refractivity contribution is 4.65. The van der Waals surface area contributed by atoms with Crippen LogP contribution in [0.25, 0.3) is 0 Å². The molecule has 0 amide bonds. The van der Waals surface area contributed by atoms with E-state index in [1.165, 1.54) is 19.3 Å². The van der Waals surface area contributed by atoms with Gasteiger partial charge in [0.15, 0.2) is 0 Å². The van der Waals surface area contributed by atoms with Gasteiger partial charge in [-0.25, -0.2) is 0 Å². The van der Waals surface area contributed by atoms with Crippen LogP contribution in [0.1, 0.15) is 52.9 Å². The Balaban J connectivity index is 3.23. The third kappa shape index (κ3) is 6.33. The van der Waals surface area contributed by atoms with Gasteiger partial charge in [-0.05, 0) is 18.3 Å². The fraction of sp³-hybridized carbons (Fsp3) is 1.00. The lowest BCUT2D eigenvalue weighted by molar-refractivity contribution is 0.304. The smallest absolute Gasteiger partial charge is 0.0894 e. The molecule has 0 heterocycles. The molecule has 0 rings (SSSR count). The third-order valence-corrected chi connectivity index (χ3v) is 2.44. The second kappa shape index (κ2) is 5.56. The molecule has 0 aliphatic rings. The first-order valence-electron chi connectivity index (χ1n) is 4.68. The van der Waals surface area contributed by atoms with Gasteiger partial charge < -0.3 is 0 Å². The molecule has 68 valence electrons. The molecule has 0 atom stereocenters. The van der Waals surface area contributed by atoms with E-state index in [0.717, 1.165) is 12.8 Å². The van der Waals surface area contributed by atoms with E-state index >= 15 is 0 Å². The monoisotopic (exact) mass is 160 g/mol. The van der Waals surface area contributed by atoms with E-state index < -0.39 is 0 Å². The summed E-state index contributed by atoms with van der Waals surface area (Å²) in [5.41, 5.74) is 0.469. The maximum Gasteiger partial charge on any atom is 0.0894 e.